The van der Waals surface area contributed by atoms with Gasteiger partial charge in [0.15, 0.2) is 0 Å². The van der Waals surface area contributed by atoms with Crippen LogP contribution in [0.2, 0.25) is 0 Å². The quantitative estimate of drug-likeness (QED) is 0.783. The molecule has 5 heteroatoms. The zero-order valence-corrected chi connectivity index (χ0v) is 11.7. The van der Waals surface area contributed by atoms with Crippen molar-refractivity contribution in [2.75, 3.05) is 51.2 Å². The Bertz CT molecular complexity index is 380. The summed E-state index contributed by atoms with van der Waals surface area (Å²) in [6, 6.07) is 2.66. The van der Waals surface area contributed by atoms with E-state index >= 15 is 0 Å². The van der Waals surface area contributed by atoms with Crippen LogP contribution in [0.4, 0.5) is 5.95 Å². The first-order chi connectivity index (χ1) is 9.33. The van der Waals surface area contributed by atoms with Gasteiger partial charge in [-0.25, -0.2) is 9.97 Å². The van der Waals surface area contributed by atoms with Gasteiger partial charge in [-0.2, -0.15) is 0 Å². The van der Waals surface area contributed by atoms with E-state index in [-0.39, 0.29) is 0 Å². The summed E-state index contributed by atoms with van der Waals surface area (Å²) >= 11 is 0. The molecule has 3 rings (SSSR count). The molecule has 0 aromatic carbocycles. The van der Waals surface area contributed by atoms with Crippen molar-refractivity contribution in [1.29, 1.82) is 0 Å². The van der Waals surface area contributed by atoms with Crippen LogP contribution in [0.15, 0.2) is 18.5 Å². The van der Waals surface area contributed by atoms with E-state index in [0.29, 0.717) is 0 Å². The number of rotatable bonds is 2. The van der Waals surface area contributed by atoms with Crippen LogP contribution < -0.4 is 4.90 Å². The van der Waals surface area contributed by atoms with E-state index < -0.39 is 0 Å². The number of piperidine rings is 1. The molecule has 2 fully saturated rings. The van der Waals surface area contributed by atoms with Gasteiger partial charge in [0.05, 0.1) is 0 Å². The van der Waals surface area contributed by atoms with Crippen molar-refractivity contribution in [2.45, 2.75) is 18.9 Å². The summed E-state index contributed by atoms with van der Waals surface area (Å²) in [6.45, 7) is 6.88. The highest BCUT2D eigenvalue weighted by Gasteiger charge is 2.26. The first-order valence-corrected chi connectivity index (χ1v) is 7.27. The van der Waals surface area contributed by atoms with Gasteiger partial charge >= 0.3 is 0 Å². The van der Waals surface area contributed by atoms with E-state index in [4.69, 9.17) is 0 Å². The van der Waals surface area contributed by atoms with E-state index in [1.165, 1.54) is 25.9 Å². The number of hydrogen-bond donors (Lipinski definition) is 0. The van der Waals surface area contributed by atoms with Crippen LogP contribution in [0.1, 0.15) is 12.8 Å². The van der Waals surface area contributed by atoms with Crippen molar-refractivity contribution in [3.63, 3.8) is 0 Å². The first kappa shape index (κ1) is 12.8. The van der Waals surface area contributed by atoms with Gasteiger partial charge in [0, 0.05) is 44.6 Å². The monoisotopic (exact) mass is 261 g/mol. The van der Waals surface area contributed by atoms with Crippen LogP contribution in [0.25, 0.3) is 0 Å². The fourth-order valence-electron chi connectivity index (χ4n) is 3.10. The number of nitrogens with zero attached hydrogens (tertiary/aromatic N) is 5. The fraction of sp³-hybridized carbons (Fsp3) is 0.714. The summed E-state index contributed by atoms with van der Waals surface area (Å²) in [4.78, 5) is 16.1. The molecule has 0 aliphatic carbocycles. The lowest BCUT2D eigenvalue weighted by Crippen LogP contribution is -2.53. The summed E-state index contributed by atoms with van der Waals surface area (Å²) in [6.07, 6.45) is 6.29. The number of anilines is 1. The number of piperazine rings is 1. The maximum absolute atomic E-state index is 4.34. The SMILES string of the molecule is CN1CCC(N2CCN(c3ncccn3)CC2)CC1. The topological polar surface area (TPSA) is 35.5 Å². The van der Waals surface area contributed by atoms with Crippen molar-refractivity contribution in [1.82, 2.24) is 19.8 Å². The molecule has 0 atom stereocenters. The van der Waals surface area contributed by atoms with E-state index in [1.807, 2.05) is 18.5 Å². The molecular weight excluding hydrogens is 238 g/mol. The van der Waals surface area contributed by atoms with Crippen molar-refractivity contribution >= 4 is 5.95 Å². The molecule has 0 spiro atoms. The van der Waals surface area contributed by atoms with E-state index in [0.717, 1.165) is 38.2 Å². The Morgan fingerprint density at radius 2 is 1.58 bits per heavy atom. The average Bonchev–Trinajstić information content (AvgIpc) is 2.49. The Balaban J connectivity index is 1.52. The lowest BCUT2D eigenvalue weighted by molar-refractivity contribution is 0.115. The third-order valence-electron chi connectivity index (χ3n) is 4.35. The van der Waals surface area contributed by atoms with Crippen LogP contribution in [-0.2, 0) is 0 Å². The minimum absolute atomic E-state index is 0.787. The molecule has 0 saturated carbocycles. The van der Waals surface area contributed by atoms with Gasteiger partial charge in [0.2, 0.25) is 5.95 Å². The molecule has 0 bridgehead atoms. The first-order valence-electron chi connectivity index (χ1n) is 7.27. The minimum Gasteiger partial charge on any atom is -0.338 e. The number of likely N-dealkylation sites (tertiary alicyclic amines) is 1. The average molecular weight is 261 g/mol. The molecule has 1 aromatic rings. The van der Waals surface area contributed by atoms with Crippen LogP contribution in [-0.4, -0.2) is 72.1 Å². The Kier molecular flexibility index (Phi) is 3.94. The van der Waals surface area contributed by atoms with Crippen LogP contribution in [0, 0.1) is 0 Å². The second kappa shape index (κ2) is 5.84. The number of aromatic nitrogens is 2. The van der Waals surface area contributed by atoms with Gasteiger partial charge in [-0.05, 0) is 39.0 Å². The predicted molar refractivity (Wildman–Crippen MR) is 76.3 cm³/mol. The maximum atomic E-state index is 4.34. The molecule has 0 unspecified atom stereocenters. The van der Waals surface area contributed by atoms with Gasteiger partial charge < -0.3 is 9.80 Å². The molecule has 2 aliphatic rings. The van der Waals surface area contributed by atoms with E-state index in [1.54, 1.807) is 0 Å². The van der Waals surface area contributed by atoms with E-state index in [2.05, 4.69) is 31.7 Å². The smallest absolute Gasteiger partial charge is 0.225 e. The lowest BCUT2D eigenvalue weighted by Gasteiger charge is -2.42. The predicted octanol–water partition coefficient (Wildman–Crippen LogP) is 0.693. The van der Waals surface area contributed by atoms with Crippen molar-refractivity contribution in [3.8, 4) is 0 Å². The summed E-state index contributed by atoms with van der Waals surface area (Å²) in [5, 5.41) is 0. The Morgan fingerprint density at radius 3 is 2.21 bits per heavy atom. The number of hydrogen-bond acceptors (Lipinski definition) is 5. The highest BCUT2D eigenvalue weighted by atomic mass is 15.3. The molecule has 5 nitrogen and oxygen atoms in total. The Morgan fingerprint density at radius 1 is 0.947 bits per heavy atom. The molecule has 1 aromatic heterocycles. The molecule has 0 radical (unpaired) electrons. The minimum atomic E-state index is 0.787. The second-order valence-electron chi connectivity index (χ2n) is 5.61. The fourth-order valence-corrected chi connectivity index (χ4v) is 3.10. The summed E-state index contributed by atoms with van der Waals surface area (Å²) in [5.41, 5.74) is 0. The standard InChI is InChI=1S/C14H23N5/c1-17-7-3-13(4-8-17)18-9-11-19(12-10-18)14-15-5-2-6-16-14/h2,5-6,13H,3-4,7-12H2,1H3. The lowest BCUT2D eigenvalue weighted by atomic mass is 10.0. The Hall–Kier alpha value is -1.20. The normalized spacial score (nSPS) is 23.7. The summed E-state index contributed by atoms with van der Waals surface area (Å²) in [7, 11) is 2.22. The molecule has 2 aliphatic heterocycles. The Labute approximate surface area is 115 Å². The largest absolute Gasteiger partial charge is 0.338 e. The molecule has 0 amide bonds. The highest BCUT2D eigenvalue weighted by Crippen LogP contribution is 2.18. The van der Waals surface area contributed by atoms with Gasteiger partial charge in [-0.1, -0.05) is 0 Å². The third-order valence-corrected chi connectivity index (χ3v) is 4.35. The van der Waals surface area contributed by atoms with Gasteiger partial charge in [0.25, 0.3) is 0 Å². The highest BCUT2D eigenvalue weighted by molar-refractivity contribution is 5.29. The zero-order chi connectivity index (χ0) is 13.1. The van der Waals surface area contributed by atoms with Crippen molar-refractivity contribution in [3.05, 3.63) is 18.5 Å². The molecule has 2 saturated heterocycles. The summed E-state index contributed by atoms with van der Waals surface area (Å²) < 4.78 is 0. The van der Waals surface area contributed by atoms with Gasteiger partial charge in [0.1, 0.15) is 0 Å². The molecule has 0 N–H and O–H groups in total. The molecular formula is C14H23N5. The van der Waals surface area contributed by atoms with Crippen LogP contribution >= 0.6 is 0 Å². The third kappa shape index (κ3) is 3.04. The molecule has 19 heavy (non-hydrogen) atoms. The van der Waals surface area contributed by atoms with E-state index in [9.17, 15) is 0 Å². The van der Waals surface area contributed by atoms with Gasteiger partial charge in [-0.15, -0.1) is 0 Å². The maximum Gasteiger partial charge on any atom is 0.225 e. The van der Waals surface area contributed by atoms with Crippen LogP contribution in [0.5, 0.6) is 0 Å². The second-order valence-corrected chi connectivity index (χ2v) is 5.61. The molecule has 3 heterocycles. The summed E-state index contributed by atoms with van der Waals surface area (Å²) in [5.74, 6) is 0.880. The molecule has 104 valence electrons. The zero-order valence-electron chi connectivity index (χ0n) is 11.7. The van der Waals surface area contributed by atoms with Crippen molar-refractivity contribution < 1.29 is 0 Å². The van der Waals surface area contributed by atoms with Crippen LogP contribution in [0.3, 0.4) is 0 Å². The van der Waals surface area contributed by atoms with Gasteiger partial charge in [-0.3, -0.25) is 4.90 Å². The van der Waals surface area contributed by atoms with Crippen molar-refractivity contribution in [2.24, 2.45) is 0 Å².